The summed E-state index contributed by atoms with van der Waals surface area (Å²) in [6, 6.07) is 46.3. The highest BCUT2D eigenvalue weighted by molar-refractivity contribution is 6.30. The molecule has 9 aromatic carbocycles. The van der Waals surface area contributed by atoms with Gasteiger partial charge in [-0.2, -0.15) is 0 Å². The molecular weight excluding hydrogens is 553 g/mol. The predicted octanol–water partition coefficient (Wildman–Crippen LogP) is 13.2. The standard InChI is InChI=1S/C46H32/c1-25-13-16-34-36(20-25)41(38-22-37-30-10-6-5-9-29(30)15-18-33(37)31-11-7-8-12-32(31)38)23-40-35-17-14-27(3)45-44-28(4)19-26(2)21-42(44)43(46(35)45)24-39(34)40/h5-24H,1-4H3. The third-order valence-electron chi connectivity index (χ3n) is 10.7. The Kier molecular flexibility index (Phi) is 5.08. The lowest BCUT2D eigenvalue weighted by molar-refractivity contribution is 1.38. The molecule has 0 atom stereocenters. The maximum atomic E-state index is 2.51. The minimum atomic E-state index is 1.28. The molecule has 0 aliphatic heterocycles. The molecule has 0 N–H and O–H groups in total. The Balaban J connectivity index is 1.41. The molecule has 9 aromatic rings. The maximum absolute atomic E-state index is 2.51. The van der Waals surface area contributed by atoms with Gasteiger partial charge in [-0.1, -0.05) is 114 Å². The summed E-state index contributed by atoms with van der Waals surface area (Å²) >= 11 is 0. The van der Waals surface area contributed by atoms with Gasteiger partial charge in [-0.05, 0) is 155 Å². The molecule has 0 radical (unpaired) electrons. The number of fused-ring (bicyclic) bond motifs is 12. The van der Waals surface area contributed by atoms with E-state index in [1.165, 1.54) is 120 Å². The average Bonchev–Trinajstić information content (AvgIpc) is 3.40. The van der Waals surface area contributed by atoms with Gasteiger partial charge < -0.3 is 0 Å². The zero-order valence-corrected chi connectivity index (χ0v) is 26.5. The first-order valence-electron chi connectivity index (χ1n) is 16.4. The van der Waals surface area contributed by atoms with Crippen molar-refractivity contribution < 1.29 is 0 Å². The van der Waals surface area contributed by atoms with Crippen LogP contribution < -0.4 is 0 Å². The Morgan fingerprint density at radius 2 is 0.913 bits per heavy atom. The van der Waals surface area contributed by atoms with Gasteiger partial charge in [0.1, 0.15) is 0 Å². The fraction of sp³-hybridized carbons (Fsp3) is 0.0870. The van der Waals surface area contributed by atoms with Crippen molar-refractivity contribution in [3.05, 3.63) is 144 Å². The second-order valence-corrected chi connectivity index (χ2v) is 13.5. The number of hydrogen-bond acceptors (Lipinski definition) is 0. The predicted molar refractivity (Wildman–Crippen MR) is 200 cm³/mol. The van der Waals surface area contributed by atoms with Crippen LogP contribution >= 0.6 is 0 Å². The van der Waals surface area contributed by atoms with Crippen LogP contribution in [0.1, 0.15) is 22.3 Å². The fourth-order valence-corrected chi connectivity index (χ4v) is 8.72. The van der Waals surface area contributed by atoms with Crippen LogP contribution in [0.3, 0.4) is 0 Å². The van der Waals surface area contributed by atoms with E-state index in [1.807, 2.05) is 0 Å². The molecule has 0 heteroatoms. The molecule has 0 unspecified atom stereocenters. The monoisotopic (exact) mass is 584 g/mol. The van der Waals surface area contributed by atoms with Crippen LogP contribution in [0, 0.1) is 27.7 Å². The molecule has 0 nitrogen and oxygen atoms in total. The van der Waals surface area contributed by atoms with Crippen LogP contribution in [0.5, 0.6) is 0 Å². The van der Waals surface area contributed by atoms with Crippen LogP contribution in [0.25, 0.3) is 98.0 Å². The summed E-state index contributed by atoms with van der Waals surface area (Å²) < 4.78 is 0. The average molecular weight is 585 g/mol. The van der Waals surface area contributed by atoms with Crippen LogP contribution in [-0.4, -0.2) is 0 Å². The Morgan fingerprint density at radius 1 is 0.304 bits per heavy atom. The molecular formula is C46H32. The van der Waals surface area contributed by atoms with Crippen molar-refractivity contribution in [3.8, 4) is 33.4 Å². The van der Waals surface area contributed by atoms with Gasteiger partial charge in [0.05, 0.1) is 0 Å². The van der Waals surface area contributed by atoms with E-state index < -0.39 is 0 Å². The largest absolute Gasteiger partial charge is 0.0616 e. The minimum Gasteiger partial charge on any atom is -0.0616 e. The molecule has 0 heterocycles. The summed E-state index contributed by atoms with van der Waals surface area (Å²) in [5, 5.41) is 15.9. The topological polar surface area (TPSA) is 0 Å². The third kappa shape index (κ3) is 3.34. The number of rotatable bonds is 1. The molecule has 10 rings (SSSR count). The summed E-state index contributed by atoms with van der Waals surface area (Å²) in [7, 11) is 0. The van der Waals surface area contributed by atoms with Crippen molar-refractivity contribution in [2.24, 2.45) is 0 Å². The van der Waals surface area contributed by atoms with E-state index in [1.54, 1.807) is 0 Å². The van der Waals surface area contributed by atoms with Crippen LogP contribution in [-0.2, 0) is 0 Å². The van der Waals surface area contributed by atoms with Gasteiger partial charge in [0.25, 0.3) is 0 Å². The molecule has 216 valence electrons. The van der Waals surface area contributed by atoms with E-state index in [2.05, 4.69) is 149 Å². The van der Waals surface area contributed by atoms with E-state index in [0.29, 0.717) is 0 Å². The van der Waals surface area contributed by atoms with Gasteiger partial charge in [0, 0.05) is 0 Å². The smallest absolute Gasteiger partial charge is 0.00171 e. The Hall–Kier alpha value is -5.46. The highest BCUT2D eigenvalue weighted by Gasteiger charge is 2.27. The van der Waals surface area contributed by atoms with Gasteiger partial charge >= 0.3 is 0 Å². The maximum Gasteiger partial charge on any atom is -0.00171 e. The Bertz CT molecular complexity index is 2830. The SMILES string of the molecule is Cc1cc(C)c2c(c1)-c1cc3c4ccc(C)cc4c(-c4cc5c6ccccc6ccc5c5ccccc45)cc3c3ccc(C)c-2c13. The molecule has 0 spiro atoms. The van der Waals surface area contributed by atoms with E-state index in [0.717, 1.165) is 0 Å². The molecule has 0 amide bonds. The molecule has 1 aliphatic rings. The zero-order valence-electron chi connectivity index (χ0n) is 26.5. The second kappa shape index (κ2) is 9.05. The van der Waals surface area contributed by atoms with Gasteiger partial charge in [-0.15, -0.1) is 0 Å². The first kappa shape index (κ1) is 25.8. The molecule has 0 saturated carbocycles. The second-order valence-electron chi connectivity index (χ2n) is 13.5. The van der Waals surface area contributed by atoms with Crippen molar-refractivity contribution in [1.29, 1.82) is 0 Å². The van der Waals surface area contributed by atoms with Crippen LogP contribution in [0.2, 0.25) is 0 Å². The summed E-state index contributed by atoms with van der Waals surface area (Å²) in [4.78, 5) is 0. The van der Waals surface area contributed by atoms with E-state index in [4.69, 9.17) is 0 Å². The highest BCUT2D eigenvalue weighted by Crippen LogP contribution is 2.54. The molecule has 1 aliphatic carbocycles. The highest BCUT2D eigenvalue weighted by atomic mass is 14.3. The van der Waals surface area contributed by atoms with E-state index in [9.17, 15) is 0 Å². The molecule has 0 bridgehead atoms. The van der Waals surface area contributed by atoms with Gasteiger partial charge in [0.2, 0.25) is 0 Å². The number of aryl methyl sites for hydroxylation is 4. The summed E-state index contributed by atoms with van der Waals surface area (Å²) in [6.45, 7) is 9.00. The minimum absolute atomic E-state index is 1.28. The summed E-state index contributed by atoms with van der Waals surface area (Å²) in [5.74, 6) is 0. The van der Waals surface area contributed by atoms with E-state index >= 15 is 0 Å². The lowest BCUT2D eigenvalue weighted by atomic mass is 9.85. The quantitative estimate of drug-likeness (QED) is 0.168. The molecule has 0 aromatic heterocycles. The summed E-state index contributed by atoms with van der Waals surface area (Å²) in [5.41, 5.74) is 13.5. The number of hydrogen-bond donors (Lipinski definition) is 0. The van der Waals surface area contributed by atoms with Crippen molar-refractivity contribution in [2.45, 2.75) is 27.7 Å². The lowest BCUT2D eigenvalue weighted by Gasteiger charge is -2.18. The summed E-state index contributed by atoms with van der Waals surface area (Å²) in [6.07, 6.45) is 0. The van der Waals surface area contributed by atoms with Crippen molar-refractivity contribution >= 4 is 64.6 Å². The van der Waals surface area contributed by atoms with Gasteiger partial charge in [-0.25, -0.2) is 0 Å². The van der Waals surface area contributed by atoms with Crippen molar-refractivity contribution in [2.75, 3.05) is 0 Å². The molecule has 46 heavy (non-hydrogen) atoms. The van der Waals surface area contributed by atoms with Gasteiger partial charge in [-0.3, -0.25) is 0 Å². The van der Waals surface area contributed by atoms with Crippen molar-refractivity contribution in [1.82, 2.24) is 0 Å². The first-order chi connectivity index (χ1) is 22.5. The van der Waals surface area contributed by atoms with Crippen LogP contribution in [0.15, 0.2) is 121 Å². The van der Waals surface area contributed by atoms with Crippen molar-refractivity contribution in [3.63, 3.8) is 0 Å². The van der Waals surface area contributed by atoms with Gasteiger partial charge in [0.15, 0.2) is 0 Å². The number of benzene rings is 9. The molecule has 0 fully saturated rings. The fourth-order valence-electron chi connectivity index (χ4n) is 8.72. The van der Waals surface area contributed by atoms with E-state index in [-0.39, 0.29) is 0 Å². The molecule has 0 saturated heterocycles. The first-order valence-corrected chi connectivity index (χ1v) is 16.4. The third-order valence-corrected chi connectivity index (χ3v) is 10.7. The Labute approximate surface area is 268 Å². The van der Waals surface area contributed by atoms with Crippen LogP contribution in [0.4, 0.5) is 0 Å². The normalized spacial score (nSPS) is 12.3. The lowest BCUT2D eigenvalue weighted by Crippen LogP contribution is -1.91. The zero-order chi connectivity index (χ0) is 30.8. The Morgan fingerprint density at radius 3 is 1.76 bits per heavy atom.